The third-order valence-corrected chi connectivity index (χ3v) is 28.7. The van der Waals surface area contributed by atoms with Crippen LogP contribution in [-0.4, -0.2) is 24.5 Å². The molecule has 0 spiro atoms. The molecule has 0 aliphatic carbocycles. The lowest BCUT2D eigenvalue weighted by Crippen LogP contribution is -1.92. The summed E-state index contributed by atoms with van der Waals surface area (Å²) in [7, 11) is 2.09. The largest absolute Gasteiger partial charge is 0.456 e. The summed E-state index contributed by atoms with van der Waals surface area (Å²) in [5.41, 5.74) is 43.5. The van der Waals surface area contributed by atoms with Gasteiger partial charge >= 0.3 is 0 Å². The van der Waals surface area contributed by atoms with Crippen LogP contribution in [0.2, 0.25) is 0 Å². The zero-order valence-electron chi connectivity index (χ0n) is 81.7. The van der Waals surface area contributed by atoms with Crippen LogP contribution in [0.25, 0.3) is 278 Å². The van der Waals surface area contributed by atoms with Crippen molar-refractivity contribution in [2.24, 2.45) is 7.05 Å². The molecule has 0 aliphatic heterocycles. The average molecular weight is 1920 g/mol. The van der Waals surface area contributed by atoms with Crippen LogP contribution in [0.1, 0.15) is 0 Å². The summed E-state index contributed by atoms with van der Waals surface area (Å²) in [4.78, 5) is 20.3. The molecule has 0 radical (unpaired) electrons. The van der Waals surface area contributed by atoms with E-state index in [9.17, 15) is 4.39 Å². The third-order valence-electron chi connectivity index (χ3n) is 28.7. The van der Waals surface area contributed by atoms with E-state index in [0.717, 1.165) is 217 Å². The maximum atomic E-state index is 13.8. The first kappa shape index (κ1) is 90.2. The lowest BCUT2D eigenvalue weighted by molar-refractivity contribution is 0.618. The number of pyridine rings is 3. The first-order valence-corrected chi connectivity index (χ1v) is 50.5. The van der Waals surface area contributed by atoms with Crippen molar-refractivity contribution in [1.29, 1.82) is 0 Å². The van der Waals surface area contributed by atoms with E-state index in [1.807, 2.05) is 60.7 Å². The van der Waals surface area contributed by atoms with Crippen molar-refractivity contribution < 1.29 is 17.6 Å². The minimum absolute atomic E-state index is 0.299. The highest BCUT2D eigenvalue weighted by atomic mass is 19.1. The number of aromatic nitrogens is 5. The number of para-hydroxylation sites is 2. The van der Waals surface area contributed by atoms with Gasteiger partial charge in [-0.05, 0) is 231 Å². The van der Waals surface area contributed by atoms with Gasteiger partial charge in [-0.3, -0.25) is 0 Å². The molecule has 21 aromatic carbocycles. The van der Waals surface area contributed by atoms with Crippen LogP contribution in [0, 0.1) is 5.82 Å². The number of hydrogen-bond acceptors (Lipinski definition) is 7. The molecule has 0 atom stereocenters. The minimum Gasteiger partial charge on any atom is -0.456 e. The Morgan fingerprint density at radius 3 is 0.800 bits per heavy atom. The first-order chi connectivity index (χ1) is 74.0. The molecular formula is C141H92FN5O3. The fraction of sp³-hybridized carbons (Fsp3) is 0.00709. The summed E-state index contributed by atoms with van der Waals surface area (Å²) in [5.74, 6) is 0.665. The second-order valence-corrected chi connectivity index (χ2v) is 38.0. The lowest BCUT2D eigenvalue weighted by Gasteiger charge is -2.12. The van der Waals surface area contributed by atoms with E-state index in [-0.39, 0.29) is 5.82 Å². The van der Waals surface area contributed by atoms with Crippen LogP contribution in [0.15, 0.2) is 553 Å². The van der Waals surface area contributed by atoms with Gasteiger partial charge in [-0.15, -0.1) is 0 Å². The SMILES string of the molecule is Cn1c(-c2ccccc2)nc2ccc(-c3ccc(-c4cc(-c5ccc(-c6ccc(-c7ccc8oc9ccccc9c8c7)cc6)cc5)cc(-c5ccccc5)n4)cc3)cc21.Fc1ccc2c(c1)oc1ccc(-c3ccc(-c4ccc(-c5cc(-c6ccccc6)nc(-c6ccc(-c7cccc8ccccc78)cc6)c5)cc4)cc3)cc12.c1ccc(-c2cc(-c3ccc(-c4ccc5oc6ccccc6c5c4)cc3)cc(-c3ccccc3)n2)cc1. The van der Waals surface area contributed by atoms with Gasteiger partial charge in [0.2, 0.25) is 0 Å². The Labute approximate surface area is 866 Å². The number of rotatable bonds is 17. The Balaban J connectivity index is 0.000000116. The number of fused-ring (bicyclic) bond motifs is 11. The molecule has 706 valence electrons. The zero-order valence-corrected chi connectivity index (χ0v) is 81.7. The van der Waals surface area contributed by atoms with Crippen molar-refractivity contribution in [2.45, 2.75) is 0 Å². The van der Waals surface area contributed by atoms with Crippen LogP contribution in [0.3, 0.4) is 0 Å². The van der Waals surface area contributed by atoms with E-state index in [4.69, 9.17) is 33.2 Å². The van der Waals surface area contributed by atoms with Crippen molar-refractivity contribution in [1.82, 2.24) is 24.5 Å². The molecule has 0 saturated heterocycles. The Morgan fingerprint density at radius 1 is 0.167 bits per heavy atom. The molecule has 9 heteroatoms. The lowest BCUT2D eigenvalue weighted by atomic mass is 9.95. The molecule has 28 aromatic rings. The fourth-order valence-corrected chi connectivity index (χ4v) is 20.8. The topological polar surface area (TPSA) is 95.9 Å². The van der Waals surface area contributed by atoms with Crippen LogP contribution in [0.5, 0.6) is 0 Å². The van der Waals surface area contributed by atoms with Gasteiger partial charge in [-0.25, -0.2) is 24.3 Å². The van der Waals surface area contributed by atoms with E-state index < -0.39 is 0 Å². The number of furan rings is 3. The highest BCUT2D eigenvalue weighted by molar-refractivity contribution is 6.09. The smallest absolute Gasteiger partial charge is 0.140 e. The Kier molecular flexibility index (Phi) is 23.6. The molecule has 0 amide bonds. The van der Waals surface area contributed by atoms with Gasteiger partial charge in [0, 0.05) is 84.4 Å². The van der Waals surface area contributed by atoms with Crippen LogP contribution < -0.4 is 0 Å². The maximum Gasteiger partial charge on any atom is 0.140 e. The van der Waals surface area contributed by atoms with E-state index in [0.29, 0.717) is 5.58 Å². The van der Waals surface area contributed by atoms with Gasteiger partial charge in [0.15, 0.2) is 0 Å². The maximum absolute atomic E-state index is 13.8. The van der Waals surface area contributed by atoms with Gasteiger partial charge in [0.05, 0.1) is 45.2 Å². The number of hydrogen-bond donors (Lipinski definition) is 0. The first-order valence-electron chi connectivity index (χ1n) is 50.5. The van der Waals surface area contributed by atoms with Crippen LogP contribution in [-0.2, 0) is 7.05 Å². The number of aryl methyl sites for hydroxylation is 1. The van der Waals surface area contributed by atoms with E-state index in [1.54, 1.807) is 6.07 Å². The molecule has 0 aliphatic rings. The standard InChI is InChI=1S/C55H37N3O.C51H32FNO.C35H23NO/c1-58-52-35-45(28-30-49(52)57-55(58)43-12-6-3-7-13-43)39-24-26-42(27-25-39)51-34-46(33-50(56-51)41-10-4-2-5-11-41)40-22-18-37(19-23-40)36-16-20-38(21-17-36)44-29-31-54-48(32-44)47-14-8-9-15-53(47)59-54;52-43-26-27-46-47-29-41(25-28-50(47)54-51(46)32-43)35-17-13-33(14-18-35)34-15-19-36(20-16-34)42-30-48(39-8-2-1-3-9-39)53-49(31-42)40-23-21-38(22-24-40)45-12-6-10-37-7-4-5-11-44(37)45;1-3-9-26(10-4-1)32-22-29(23-33(36-32)27-11-5-2-6-12-27)25-17-15-24(16-18-25)28-19-20-35-31(21-28)30-13-7-8-14-34(30)37-35/h2-35H,1H3;1-32H;1-23H. The molecule has 0 N–H and O–H groups in total. The van der Waals surface area contributed by atoms with E-state index in [2.05, 4.69) is 473 Å². The number of benzene rings is 21. The Morgan fingerprint density at radius 2 is 0.427 bits per heavy atom. The third kappa shape index (κ3) is 18.1. The van der Waals surface area contributed by atoms with Gasteiger partial charge < -0.3 is 17.8 Å². The van der Waals surface area contributed by atoms with Crippen molar-refractivity contribution in [2.75, 3.05) is 0 Å². The number of nitrogens with zero attached hydrogens (tertiary/aromatic N) is 5. The second-order valence-electron chi connectivity index (χ2n) is 38.0. The molecule has 7 heterocycles. The number of halogens is 1. The van der Waals surface area contributed by atoms with Gasteiger partial charge in [0.25, 0.3) is 0 Å². The predicted molar refractivity (Wildman–Crippen MR) is 619 cm³/mol. The monoisotopic (exact) mass is 1920 g/mol. The van der Waals surface area contributed by atoms with Gasteiger partial charge in [0.1, 0.15) is 45.1 Å². The highest BCUT2D eigenvalue weighted by Gasteiger charge is 2.21. The fourth-order valence-electron chi connectivity index (χ4n) is 20.8. The van der Waals surface area contributed by atoms with Crippen molar-refractivity contribution in [3.8, 4) is 190 Å². The Hall–Kier alpha value is -19.9. The highest BCUT2D eigenvalue weighted by Crippen LogP contribution is 2.44. The molecule has 0 saturated carbocycles. The molecule has 7 aromatic heterocycles. The summed E-state index contributed by atoms with van der Waals surface area (Å²) in [5, 5.41) is 8.96. The summed E-state index contributed by atoms with van der Waals surface area (Å²) in [6.45, 7) is 0. The van der Waals surface area contributed by atoms with Gasteiger partial charge in [-0.2, -0.15) is 0 Å². The zero-order chi connectivity index (χ0) is 99.9. The predicted octanol–water partition coefficient (Wildman–Crippen LogP) is 38.5. The molecule has 8 nitrogen and oxygen atoms in total. The summed E-state index contributed by atoms with van der Waals surface area (Å²) >= 11 is 0. The van der Waals surface area contributed by atoms with Gasteiger partial charge in [-0.1, -0.05) is 425 Å². The van der Waals surface area contributed by atoms with Crippen LogP contribution in [0.4, 0.5) is 4.39 Å². The average Bonchev–Trinajstić information content (AvgIpc) is 1.60. The minimum atomic E-state index is -0.299. The summed E-state index contributed by atoms with van der Waals surface area (Å²) in [6, 6.07) is 188. The molecule has 0 unspecified atom stereocenters. The molecule has 0 bridgehead atoms. The van der Waals surface area contributed by atoms with Crippen molar-refractivity contribution in [3.05, 3.63) is 546 Å². The van der Waals surface area contributed by atoms with E-state index in [1.165, 1.54) is 67.4 Å². The molecule has 150 heavy (non-hydrogen) atoms. The molecule has 0 fully saturated rings. The van der Waals surface area contributed by atoms with Crippen molar-refractivity contribution >= 4 is 87.6 Å². The number of imidazole rings is 1. The summed E-state index contributed by atoms with van der Waals surface area (Å²) < 4.78 is 33.9. The normalized spacial score (nSPS) is 11.4. The van der Waals surface area contributed by atoms with E-state index >= 15 is 0 Å². The Bertz CT molecular complexity index is 9820. The van der Waals surface area contributed by atoms with Crippen molar-refractivity contribution in [3.63, 3.8) is 0 Å². The second kappa shape index (κ2) is 39.3. The molecular weight excluding hydrogens is 1830 g/mol. The quantitative estimate of drug-likeness (QED) is 0.0896. The molecule has 28 rings (SSSR count). The van der Waals surface area contributed by atoms with Crippen LogP contribution >= 0.6 is 0 Å². The summed E-state index contributed by atoms with van der Waals surface area (Å²) in [6.07, 6.45) is 0.